The van der Waals surface area contributed by atoms with Gasteiger partial charge in [-0.2, -0.15) is 0 Å². The number of phenols is 1. The van der Waals surface area contributed by atoms with Gasteiger partial charge in [0.25, 0.3) is 0 Å². The van der Waals surface area contributed by atoms with Crippen LogP contribution in [0, 0.1) is 0 Å². The molecule has 2 rings (SSSR count). The molecule has 0 bridgehead atoms. The standard InChI is InChI=1S/C37H59NO2/c1-3-5-7-9-11-13-14-15-16-17-19-21-23-33-24-27-35(28-25-33)38-32-34-26-29-36(31-37(34)39)40-30-22-20-18-12-10-8-6-4-2/h24-29,31-32,39H,3-23,30H2,1-2H3. The Bertz CT molecular complexity index is 890. The van der Waals surface area contributed by atoms with Crippen LogP contribution in [-0.2, 0) is 6.42 Å². The highest BCUT2D eigenvalue weighted by molar-refractivity contribution is 5.85. The highest BCUT2D eigenvalue weighted by atomic mass is 16.5. The van der Waals surface area contributed by atoms with Crippen molar-refractivity contribution in [2.75, 3.05) is 6.61 Å². The Kier molecular flexibility index (Phi) is 19.9. The number of ether oxygens (including phenoxy) is 1. The Morgan fingerprint density at radius 1 is 0.600 bits per heavy atom. The lowest BCUT2D eigenvalue weighted by Gasteiger charge is -2.08. The van der Waals surface area contributed by atoms with Crippen LogP contribution in [0.3, 0.4) is 0 Å². The van der Waals surface area contributed by atoms with Gasteiger partial charge in [-0.05, 0) is 49.1 Å². The predicted octanol–water partition coefficient (Wildman–Crippen LogP) is 11.9. The molecule has 3 nitrogen and oxygen atoms in total. The molecule has 0 atom stereocenters. The minimum absolute atomic E-state index is 0.209. The van der Waals surface area contributed by atoms with Crippen LogP contribution in [0.2, 0.25) is 0 Å². The molecule has 0 fully saturated rings. The van der Waals surface area contributed by atoms with Gasteiger partial charge in [0.2, 0.25) is 0 Å². The van der Waals surface area contributed by atoms with Gasteiger partial charge in [0.15, 0.2) is 0 Å². The highest BCUT2D eigenvalue weighted by Crippen LogP contribution is 2.24. The van der Waals surface area contributed by atoms with Crippen molar-refractivity contribution in [3.63, 3.8) is 0 Å². The summed E-state index contributed by atoms with van der Waals surface area (Å²) < 4.78 is 5.84. The molecule has 3 heteroatoms. The maximum absolute atomic E-state index is 10.4. The number of phenolic OH excluding ortho intramolecular Hbond substituents is 1. The van der Waals surface area contributed by atoms with Gasteiger partial charge in [0.1, 0.15) is 11.5 Å². The van der Waals surface area contributed by atoms with E-state index in [2.05, 4.69) is 43.1 Å². The summed E-state index contributed by atoms with van der Waals surface area (Å²) in [6.07, 6.45) is 29.8. The lowest BCUT2D eigenvalue weighted by atomic mass is 10.0. The maximum atomic E-state index is 10.4. The monoisotopic (exact) mass is 549 g/mol. The van der Waals surface area contributed by atoms with Crippen molar-refractivity contribution >= 4 is 11.9 Å². The fourth-order valence-corrected chi connectivity index (χ4v) is 5.21. The lowest BCUT2D eigenvalue weighted by Crippen LogP contribution is -1.97. The average Bonchev–Trinajstić information content (AvgIpc) is 2.97. The molecule has 0 heterocycles. The van der Waals surface area contributed by atoms with Crippen molar-refractivity contribution in [2.45, 2.75) is 149 Å². The Morgan fingerprint density at radius 3 is 1.62 bits per heavy atom. The summed E-state index contributed by atoms with van der Waals surface area (Å²) in [5.74, 6) is 0.931. The van der Waals surface area contributed by atoms with Crippen molar-refractivity contribution in [3.05, 3.63) is 53.6 Å². The number of nitrogens with zero attached hydrogens (tertiary/aromatic N) is 1. The van der Waals surface area contributed by atoms with Crippen LogP contribution in [0.25, 0.3) is 0 Å². The first-order chi connectivity index (χ1) is 19.7. The van der Waals surface area contributed by atoms with E-state index < -0.39 is 0 Å². The summed E-state index contributed by atoms with van der Waals surface area (Å²) in [7, 11) is 0. The third kappa shape index (κ3) is 16.7. The van der Waals surface area contributed by atoms with E-state index in [0.29, 0.717) is 12.2 Å². The first-order valence-electron chi connectivity index (χ1n) is 16.8. The predicted molar refractivity (Wildman–Crippen MR) is 175 cm³/mol. The van der Waals surface area contributed by atoms with Crippen LogP contribution >= 0.6 is 0 Å². The summed E-state index contributed by atoms with van der Waals surface area (Å²) >= 11 is 0. The van der Waals surface area contributed by atoms with E-state index in [1.54, 1.807) is 12.3 Å². The molecule has 0 unspecified atom stereocenters. The van der Waals surface area contributed by atoms with E-state index >= 15 is 0 Å². The number of aryl methyl sites for hydroxylation is 1. The molecule has 1 N–H and O–H groups in total. The Labute approximate surface area is 246 Å². The fraction of sp³-hybridized carbons (Fsp3) is 0.649. The third-order valence-corrected chi connectivity index (χ3v) is 7.88. The van der Waals surface area contributed by atoms with E-state index in [1.165, 1.54) is 128 Å². The van der Waals surface area contributed by atoms with Crippen molar-refractivity contribution in [1.82, 2.24) is 0 Å². The van der Waals surface area contributed by atoms with E-state index in [-0.39, 0.29) is 5.75 Å². The van der Waals surface area contributed by atoms with Crippen LogP contribution in [0.4, 0.5) is 5.69 Å². The van der Waals surface area contributed by atoms with Crippen molar-refractivity contribution in [2.24, 2.45) is 4.99 Å². The van der Waals surface area contributed by atoms with Gasteiger partial charge in [-0.15, -0.1) is 0 Å². The van der Waals surface area contributed by atoms with E-state index in [9.17, 15) is 5.11 Å². The molecule has 0 aliphatic rings. The largest absolute Gasteiger partial charge is 0.507 e. The van der Waals surface area contributed by atoms with Crippen molar-refractivity contribution in [3.8, 4) is 11.5 Å². The number of benzene rings is 2. The summed E-state index contributed by atoms with van der Waals surface area (Å²) in [6, 6.07) is 14.0. The van der Waals surface area contributed by atoms with Crippen LogP contribution in [-0.4, -0.2) is 17.9 Å². The second-order valence-electron chi connectivity index (χ2n) is 11.6. The average molecular weight is 550 g/mol. The molecule has 0 saturated carbocycles. The number of aliphatic imine (C=N–C) groups is 1. The molecule has 0 amide bonds. The van der Waals surface area contributed by atoms with Gasteiger partial charge in [-0.1, -0.05) is 142 Å². The van der Waals surface area contributed by atoms with Gasteiger partial charge in [0.05, 0.1) is 12.3 Å². The van der Waals surface area contributed by atoms with Gasteiger partial charge in [-0.3, -0.25) is 4.99 Å². The van der Waals surface area contributed by atoms with Crippen molar-refractivity contribution in [1.29, 1.82) is 0 Å². The minimum Gasteiger partial charge on any atom is -0.507 e. The smallest absolute Gasteiger partial charge is 0.128 e. The van der Waals surface area contributed by atoms with Crippen LogP contribution < -0.4 is 4.74 Å². The number of unbranched alkanes of at least 4 members (excludes halogenated alkanes) is 18. The second-order valence-corrected chi connectivity index (χ2v) is 11.6. The summed E-state index contributed by atoms with van der Waals surface area (Å²) in [6.45, 7) is 5.24. The Hall–Kier alpha value is -2.29. The van der Waals surface area contributed by atoms with Crippen molar-refractivity contribution < 1.29 is 9.84 Å². The zero-order chi connectivity index (χ0) is 28.5. The topological polar surface area (TPSA) is 41.8 Å². The number of rotatable bonds is 25. The number of aromatic hydroxyl groups is 1. The highest BCUT2D eigenvalue weighted by Gasteiger charge is 2.03. The normalized spacial score (nSPS) is 11.4. The van der Waals surface area contributed by atoms with E-state index in [4.69, 9.17) is 4.74 Å². The summed E-state index contributed by atoms with van der Waals surface area (Å²) in [5.41, 5.74) is 3.00. The molecule has 2 aromatic rings. The van der Waals surface area contributed by atoms with Gasteiger partial charge >= 0.3 is 0 Å². The quantitative estimate of drug-likeness (QED) is 0.0988. The molecule has 40 heavy (non-hydrogen) atoms. The molecule has 0 aromatic heterocycles. The zero-order valence-electron chi connectivity index (χ0n) is 26.0. The van der Waals surface area contributed by atoms with E-state index in [1.807, 2.05) is 12.1 Å². The molecule has 0 aliphatic heterocycles. The first kappa shape index (κ1) is 33.9. The molecule has 0 aliphatic carbocycles. The number of hydrogen-bond acceptors (Lipinski definition) is 3. The Balaban J connectivity index is 1.56. The molecule has 2 aromatic carbocycles. The van der Waals surface area contributed by atoms with Gasteiger partial charge in [0, 0.05) is 17.8 Å². The second kappa shape index (κ2) is 23.4. The van der Waals surface area contributed by atoms with Gasteiger partial charge in [-0.25, -0.2) is 0 Å². The molecule has 0 saturated heterocycles. The SMILES string of the molecule is CCCCCCCCCCCCCCc1ccc(N=Cc2ccc(OCCCCCCCCCC)cc2O)cc1. The zero-order valence-corrected chi connectivity index (χ0v) is 26.0. The number of hydrogen-bond donors (Lipinski definition) is 1. The van der Waals surface area contributed by atoms with E-state index in [0.717, 1.165) is 24.3 Å². The Morgan fingerprint density at radius 2 is 1.10 bits per heavy atom. The maximum Gasteiger partial charge on any atom is 0.128 e. The summed E-state index contributed by atoms with van der Waals surface area (Å²) in [4.78, 5) is 4.57. The fourth-order valence-electron chi connectivity index (χ4n) is 5.21. The van der Waals surface area contributed by atoms with Crippen LogP contribution in [0.5, 0.6) is 11.5 Å². The molecular weight excluding hydrogens is 490 g/mol. The van der Waals surface area contributed by atoms with Gasteiger partial charge < -0.3 is 9.84 Å². The first-order valence-corrected chi connectivity index (χ1v) is 16.8. The minimum atomic E-state index is 0.209. The molecule has 0 radical (unpaired) electrons. The van der Waals surface area contributed by atoms with Crippen LogP contribution in [0.15, 0.2) is 47.5 Å². The molecule has 224 valence electrons. The summed E-state index contributed by atoms with van der Waals surface area (Å²) in [5, 5.41) is 10.4. The third-order valence-electron chi connectivity index (χ3n) is 7.88. The molecular formula is C37H59NO2. The molecule has 0 spiro atoms. The lowest BCUT2D eigenvalue weighted by molar-refractivity contribution is 0.302. The van der Waals surface area contributed by atoms with Crippen LogP contribution in [0.1, 0.15) is 153 Å².